The topological polar surface area (TPSA) is 89.9 Å². The molecule has 0 saturated heterocycles. The van der Waals surface area contributed by atoms with Crippen molar-refractivity contribution in [3.05, 3.63) is 0 Å². The predicted octanol–water partition coefficient (Wildman–Crippen LogP) is 0.119. The lowest BCUT2D eigenvalue weighted by molar-refractivity contribution is -0.140. The first-order chi connectivity index (χ1) is 7.43. The Bertz CT molecular complexity index is 243. The molecule has 0 aliphatic heterocycles. The molecule has 0 heterocycles. The van der Waals surface area contributed by atoms with E-state index in [1.807, 2.05) is 0 Å². The number of carbonyl (C=O) groups is 2. The summed E-state index contributed by atoms with van der Waals surface area (Å²) >= 11 is 0. The number of carboxylic acids is 1. The summed E-state index contributed by atoms with van der Waals surface area (Å²) in [5.74, 6) is -1.24. The third-order valence-electron chi connectivity index (χ3n) is 2.25. The normalized spacial score (nSPS) is 12.3. The number of aliphatic carboxylic acids is 1. The molecule has 3 N–H and O–H groups in total. The van der Waals surface area contributed by atoms with E-state index in [1.165, 1.54) is 4.90 Å². The fourth-order valence-corrected chi connectivity index (χ4v) is 1.26. The van der Waals surface area contributed by atoms with Gasteiger partial charge in [0.05, 0.1) is 6.61 Å². The molecule has 6 nitrogen and oxygen atoms in total. The Morgan fingerprint density at radius 3 is 2.25 bits per heavy atom. The van der Waals surface area contributed by atoms with E-state index < -0.39 is 18.0 Å². The zero-order valence-electron chi connectivity index (χ0n) is 9.93. The average Bonchev–Trinajstić information content (AvgIpc) is 2.21. The zero-order chi connectivity index (χ0) is 12.7. The van der Waals surface area contributed by atoms with Crippen LogP contribution < -0.4 is 5.32 Å². The largest absolute Gasteiger partial charge is 0.480 e. The van der Waals surface area contributed by atoms with Gasteiger partial charge in [-0.25, -0.2) is 9.59 Å². The molecule has 0 spiro atoms. The van der Waals surface area contributed by atoms with Gasteiger partial charge in [0.15, 0.2) is 0 Å². The summed E-state index contributed by atoms with van der Waals surface area (Å²) in [6, 6.07) is -1.36. The molecule has 16 heavy (non-hydrogen) atoms. The molecule has 0 fully saturated rings. The molecule has 0 aromatic carbocycles. The Hall–Kier alpha value is -1.30. The monoisotopic (exact) mass is 232 g/mol. The number of rotatable bonds is 6. The summed E-state index contributed by atoms with van der Waals surface area (Å²) < 4.78 is 0. The van der Waals surface area contributed by atoms with Crippen LogP contribution in [0.2, 0.25) is 0 Å². The molecule has 1 atom stereocenters. The van der Waals surface area contributed by atoms with Gasteiger partial charge in [-0.1, -0.05) is 13.8 Å². The smallest absolute Gasteiger partial charge is 0.326 e. The van der Waals surface area contributed by atoms with E-state index >= 15 is 0 Å². The molecule has 94 valence electrons. The third kappa shape index (κ3) is 4.48. The number of nitrogens with zero attached hydrogens (tertiary/aromatic N) is 1. The minimum atomic E-state index is -1.05. The van der Waals surface area contributed by atoms with Crippen LogP contribution in [0, 0.1) is 5.92 Å². The highest BCUT2D eigenvalue weighted by atomic mass is 16.4. The van der Waals surface area contributed by atoms with Crippen molar-refractivity contribution in [2.45, 2.75) is 26.8 Å². The van der Waals surface area contributed by atoms with E-state index in [-0.39, 0.29) is 19.1 Å². The maximum atomic E-state index is 11.6. The Morgan fingerprint density at radius 1 is 1.38 bits per heavy atom. The molecule has 2 amide bonds. The van der Waals surface area contributed by atoms with Crippen molar-refractivity contribution in [3.63, 3.8) is 0 Å². The van der Waals surface area contributed by atoms with Gasteiger partial charge in [0.2, 0.25) is 0 Å². The fourth-order valence-electron chi connectivity index (χ4n) is 1.26. The summed E-state index contributed by atoms with van der Waals surface area (Å²) in [5, 5.41) is 20.1. The summed E-state index contributed by atoms with van der Waals surface area (Å²) in [4.78, 5) is 23.8. The molecule has 0 saturated carbocycles. The van der Waals surface area contributed by atoms with Crippen LogP contribution in [0.25, 0.3) is 0 Å². The van der Waals surface area contributed by atoms with E-state index in [9.17, 15) is 9.59 Å². The number of carbonyl (C=O) groups excluding carboxylic acids is 1. The number of likely N-dealkylation sites (N-methyl/N-ethyl adjacent to an activating group) is 1. The van der Waals surface area contributed by atoms with Crippen molar-refractivity contribution in [3.8, 4) is 0 Å². The second-order valence-corrected chi connectivity index (χ2v) is 3.81. The highest BCUT2D eigenvalue weighted by molar-refractivity contribution is 5.82. The van der Waals surface area contributed by atoms with Gasteiger partial charge < -0.3 is 20.4 Å². The highest BCUT2D eigenvalue weighted by Gasteiger charge is 2.25. The lowest BCUT2D eigenvalue weighted by Gasteiger charge is -2.24. The zero-order valence-corrected chi connectivity index (χ0v) is 9.93. The standard InChI is InChI=1S/C10H20N2O4/c1-4-12(5-6-13)10(16)11-8(7(2)3)9(14)15/h7-8,13H,4-6H2,1-3H3,(H,11,16)(H,14,15)/t8-/m0/s1. The Kier molecular flexibility index (Phi) is 6.48. The highest BCUT2D eigenvalue weighted by Crippen LogP contribution is 2.02. The predicted molar refractivity (Wildman–Crippen MR) is 59.1 cm³/mol. The maximum Gasteiger partial charge on any atom is 0.326 e. The Labute approximate surface area is 95.2 Å². The molecule has 0 radical (unpaired) electrons. The summed E-state index contributed by atoms with van der Waals surface area (Å²) in [5.41, 5.74) is 0. The van der Waals surface area contributed by atoms with Crippen molar-refractivity contribution < 1.29 is 19.8 Å². The van der Waals surface area contributed by atoms with Crippen LogP contribution >= 0.6 is 0 Å². The van der Waals surface area contributed by atoms with E-state index in [4.69, 9.17) is 10.2 Å². The molecule has 0 bridgehead atoms. The van der Waals surface area contributed by atoms with Crippen LogP contribution in [0.4, 0.5) is 4.79 Å². The number of hydrogen-bond acceptors (Lipinski definition) is 3. The van der Waals surface area contributed by atoms with Crippen LogP contribution in [0.1, 0.15) is 20.8 Å². The van der Waals surface area contributed by atoms with E-state index in [0.717, 1.165) is 0 Å². The number of aliphatic hydroxyl groups excluding tert-OH is 1. The third-order valence-corrected chi connectivity index (χ3v) is 2.25. The van der Waals surface area contributed by atoms with Crippen molar-refractivity contribution in [1.82, 2.24) is 10.2 Å². The van der Waals surface area contributed by atoms with Gasteiger partial charge in [0, 0.05) is 13.1 Å². The van der Waals surface area contributed by atoms with Crippen LogP contribution in [-0.2, 0) is 4.79 Å². The number of nitrogens with one attached hydrogen (secondary N) is 1. The van der Waals surface area contributed by atoms with Crippen molar-refractivity contribution in [1.29, 1.82) is 0 Å². The van der Waals surface area contributed by atoms with Gasteiger partial charge in [-0.3, -0.25) is 0 Å². The van der Waals surface area contributed by atoms with Gasteiger partial charge in [0.1, 0.15) is 6.04 Å². The molecule has 0 rings (SSSR count). The second kappa shape index (κ2) is 7.05. The minimum absolute atomic E-state index is 0.138. The van der Waals surface area contributed by atoms with Gasteiger partial charge >= 0.3 is 12.0 Å². The number of urea groups is 1. The van der Waals surface area contributed by atoms with Crippen LogP contribution in [0.5, 0.6) is 0 Å². The Morgan fingerprint density at radius 2 is 1.94 bits per heavy atom. The molecule has 6 heteroatoms. The Balaban J connectivity index is 4.43. The SMILES string of the molecule is CCN(CCO)C(=O)N[C@H](C(=O)O)C(C)C. The molecule has 0 aliphatic rings. The van der Waals surface area contributed by atoms with E-state index in [1.54, 1.807) is 20.8 Å². The first kappa shape index (κ1) is 14.7. The van der Waals surface area contributed by atoms with Crippen LogP contribution in [-0.4, -0.2) is 52.9 Å². The first-order valence-electron chi connectivity index (χ1n) is 5.33. The lowest BCUT2D eigenvalue weighted by atomic mass is 10.1. The number of amides is 2. The fraction of sp³-hybridized carbons (Fsp3) is 0.800. The van der Waals surface area contributed by atoms with Crippen LogP contribution in [0.3, 0.4) is 0 Å². The summed E-state index contributed by atoms with van der Waals surface area (Å²) in [6.45, 7) is 5.70. The van der Waals surface area contributed by atoms with Crippen molar-refractivity contribution >= 4 is 12.0 Å². The number of aliphatic hydroxyl groups is 1. The van der Waals surface area contributed by atoms with Crippen LogP contribution in [0.15, 0.2) is 0 Å². The molecule has 0 aromatic rings. The number of carboxylic acid groups (broad SMARTS) is 1. The van der Waals surface area contributed by atoms with Gasteiger partial charge in [-0.15, -0.1) is 0 Å². The number of hydrogen-bond donors (Lipinski definition) is 3. The lowest BCUT2D eigenvalue weighted by Crippen LogP contribution is -2.50. The molecular weight excluding hydrogens is 212 g/mol. The summed E-state index contributed by atoms with van der Waals surface area (Å²) in [6.07, 6.45) is 0. The second-order valence-electron chi connectivity index (χ2n) is 3.81. The molecular formula is C10H20N2O4. The molecule has 0 unspecified atom stereocenters. The quantitative estimate of drug-likeness (QED) is 0.606. The molecule has 0 aromatic heterocycles. The van der Waals surface area contributed by atoms with Gasteiger partial charge in [-0.05, 0) is 12.8 Å². The maximum absolute atomic E-state index is 11.6. The van der Waals surface area contributed by atoms with E-state index in [0.29, 0.717) is 6.54 Å². The average molecular weight is 232 g/mol. The van der Waals surface area contributed by atoms with Gasteiger partial charge in [-0.2, -0.15) is 0 Å². The van der Waals surface area contributed by atoms with Crippen molar-refractivity contribution in [2.24, 2.45) is 5.92 Å². The first-order valence-corrected chi connectivity index (χ1v) is 5.33. The van der Waals surface area contributed by atoms with Gasteiger partial charge in [0.25, 0.3) is 0 Å². The van der Waals surface area contributed by atoms with E-state index in [2.05, 4.69) is 5.32 Å². The molecule has 0 aliphatic carbocycles. The van der Waals surface area contributed by atoms with Crippen molar-refractivity contribution in [2.75, 3.05) is 19.7 Å². The summed E-state index contributed by atoms with van der Waals surface area (Å²) in [7, 11) is 0. The minimum Gasteiger partial charge on any atom is -0.480 e.